The second-order valence-electron chi connectivity index (χ2n) is 6.10. The van der Waals surface area contributed by atoms with Crippen molar-refractivity contribution < 1.29 is 0 Å². The fourth-order valence-electron chi connectivity index (χ4n) is 3.24. The van der Waals surface area contributed by atoms with Gasteiger partial charge >= 0.3 is 0 Å². The molecule has 106 valence electrons. The predicted octanol–water partition coefficient (Wildman–Crippen LogP) is 6.03. The molecule has 0 aliphatic heterocycles. The molecule has 0 heterocycles. The molecule has 0 heteroatoms. The van der Waals surface area contributed by atoms with E-state index in [1.54, 1.807) is 0 Å². The third kappa shape index (κ3) is 2.71. The van der Waals surface area contributed by atoms with Crippen LogP contribution in [0.4, 0.5) is 0 Å². The molecule has 0 N–H and O–H groups in total. The van der Waals surface area contributed by atoms with Gasteiger partial charge in [0.05, 0.1) is 0 Å². The summed E-state index contributed by atoms with van der Waals surface area (Å²) in [5, 5.41) is 0. The Balaban J connectivity index is 2.20. The minimum Gasteiger partial charge on any atom is -0.0808 e. The van der Waals surface area contributed by atoms with Gasteiger partial charge in [-0.1, -0.05) is 73.2 Å². The van der Waals surface area contributed by atoms with E-state index in [1.165, 1.54) is 33.4 Å². The van der Waals surface area contributed by atoms with Gasteiger partial charge in [-0.25, -0.2) is 0 Å². The number of allylic oxidation sites excluding steroid dienone is 4. The molecule has 0 radical (unpaired) electrons. The van der Waals surface area contributed by atoms with Crippen LogP contribution in [-0.4, -0.2) is 0 Å². The van der Waals surface area contributed by atoms with Gasteiger partial charge in [0, 0.05) is 0 Å². The molecule has 0 spiro atoms. The highest BCUT2D eigenvalue weighted by Crippen LogP contribution is 2.37. The molecule has 1 aliphatic carbocycles. The van der Waals surface area contributed by atoms with Crippen molar-refractivity contribution >= 4 is 5.57 Å². The first kappa shape index (κ1) is 13.9. The van der Waals surface area contributed by atoms with Crippen molar-refractivity contribution in [1.29, 1.82) is 0 Å². The largest absolute Gasteiger partial charge is 0.0808 e. The van der Waals surface area contributed by atoms with Crippen molar-refractivity contribution in [2.75, 3.05) is 0 Å². The van der Waals surface area contributed by atoms with Crippen molar-refractivity contribution in [3.8, 4) is 11.1 Å². The maximum absolute atomic E-state index is 2.34. The molecule has 0 saturated heterocycles. The van der Waals surface area contributed by atoms with Crippen molar-refractivity contribution in [3.05, 3.63) is 77.4 Å². The van der Waals surface area contributed by atoms with Gasteiger partial charge in [0.15, 0.2) is 0 Å². The lowest BCUT2D eigenvalue weighted by atomic mass is 9.83. The molecular formula is C21H22. The first-order chi connectivity index (χ1) is 10.2. The van der Waals surface area contributed by atoms with Crippen LogP contribution in [0.25, 0.3) is 16.7 Å². The van der Waals surface area contributed by atoms with Crippen LogP contribution < -0.4 is 0 Å². The second-order valence-corrected chi connectivity index (χ2v) is 6.10. The highest BCUT2D eigenvalue weighted by molar-refractivity contribution is 5.89. The third-order valence-electron chi connectivity index (χ3n) is 4.31. The van der Waals surface area contributed by atoms with E-state index in [2.05, 4.69) is 81.5 Å². The molecule has 1 atom stereocenters. The second kappa shape index (κ2) is 5.73. The Kier molecular flexibility index (Phi) is 3.79. The Morgan fingerprint density at radius 1 is 0.905 bits per heavy atom. The van der Waals surface area contributed by atoms with Gasteiger partial charge < -0.3 is 0 Å². The van der Waals surface area contributed by atoms with E-state index in [1.807, 2.05) is 0 Å². The first-order valence-corrected chi connectivity index (χ1v) is 7.70. The molecule has 0 amide bonds. The fraction of sp³-hybridized carbons (Fsp3) is 0.238. The SMILES string of the molecule is CC1=C(c2c(C)cccc2-c2ccccc2)C=CC(C)C1. The van der Waals surface area contributed by atoms with E-state index >= 15 is 0 Å². The van der Waals surface area contributed by atoms with E-state index in [0.29, 0.717) is 5.92 Å². The maximum atomic E-state index is 2.34. The minimum atomic E-state index is 0.651. The Morgan fingerprint density at radius 2 is 1.67 bits per heavy atom. The zero-order valence-electron chi connectivity index (χ0n) is 13.1. The monoisotopic (exact) mass is 274 g/mol. The molecule has 0 saturated carbocycles. The molecule has 2 aromatic rings. The number of aryl methyl sites for hydroxylation is 1. The van der Waals surface area contributed by atoms with Crippen molar-refractivity contribution in [3.63, 3.8) is 0 Å². The van der Waals surface area contributed by atoms with E-state index in [4.69, 9.17) is 0 Å². The summed E-state index contributed by atoms with van der Waals surface area (Å²) in [6, 6.07) is 17.3. The summed E-state index contributed by atoms with van der Waals surface area (Å²) in [5.41, 5.74) is 8.28. The van der Waals surface area contributed by atoms with Gasteiger partial charge in [-0.3, -0.25) is 0 Å². The van der Waals surface area contributed by atoms with E-state index in [9.17, 15) is 0 Å². The molecule has 0 fully saturated rings. The molecule has 21 heavy (non-hydrogen) atoms. The Morgan fingerprint density at radius 3 is 2.38 bits per heavy atom. The van der Waals surface area contributed by atoms with Gasteiger partial charge in [-0.15, -0.1) is 0 Å². The van der Waals surface area contributed by atoms with Gasteiger partial charge in [0.25, 0.3) is 0 Å². The van der Waals surface area contributed by atoms with Crippen LogP contribution in [0.3, 0.4) is 0 Å². The minimum absolute atomic E-state index is 0.651. The Bertz CT molecular complexity index is 702. The average molecular weight is 274 g/mol. The van der Waals surface area contributed by atoms with Crippen molar-refractivity contribution in [2.24, 2.45) is 5.92 Å². The Labute approximate surface area is 127 Å². The quantitative estimate of drug-likeness (QED) is 0.627. The van der Waals surface area contributed by atoms with Gasteiger partial charge in [-0.2, -0.15) is 0 Å². The topological polar surface area (TPSA) is 0 Å². The highest BCUT2D eigenvalue weighted by atomic mass is 14.2. The molecule has 0 aromatic heterocycles. The van der Waals surface area contributed by atoms with Crippen LogP contribution in [0.5, 0.6) is 0 Å². The van der Waals surface area contributed by atoms with E-state index < -0.39 is 0 Å². The molecule has 1 unspecified atom stereocenters. The summed E-state index contributed by atoms with van der Waals surface area (Å²) in [7, 11) is 0. The van der Waals surface area contributed by atoms with Crippen molar-refractivity contribution in [2.45, 2.75) is 27.2 Å². The van der Waals surface area contributed by atoms with Gasteiger partial charge in [0.1, 0.15) is 0 Å². The molecule has 0 bridgehead atoms. The van der Waals surface area contributed by atoms with Crippen LogP contribution >= 0.6 is 0 Å². The lowest BCUT2D eigenvalue weighted by Crippen LogP contribution is -2.02. The number of hydrogen-bond acceptors (Lipinski definition) is 0. The lowest BCUT2D eigenvalue weighted by molar-refractivity contribution is 0.710. The van der Waals surface area contributed by atoms with Crippen LogP contribution in [0.2, 0.25) is 0 Å². The average Bonchev–Trinajstić information content (AvgIpc) is 2.49. The zero-order chi connectivity index (χ0) is 14.8. The summed E-state index contributed by atoms with van der Waals surface area (Å²) in [5.74, 6) is 0.651. The molecule has 0 nitrogen and oxygen atoms in total. The number of benzene rings is 2. The van der Waals surface area contributed by atoms with Crippen LogP contribution in [-0.2, 0) is 0 Å². The van der Waals surface area contributed by atoms with Crippen molar-refractivity contribution in [1.82, 2.24) is 0 Å². The molecule has 1 aliphatic rings. The summed E-state index contributed by atoms with van der Waals surface area (Å²) in [4.78, 5) is 0. The fourth-order valence-corrected chi connectivity index (χ4v) is 3.24. The molecule has 2 aromatic carbocycles. The highest BCUT2D eigenvalue weighted by Gasteiger charge is 2.16. The lowest BCUT2D eigenvalue weighted by Gasteiger charge is -2.21. The third-order valence-corrected chi connectivity index (χ3v) is 4.31. The summed E-state index contributed by atoms with van der Waals surface area (Å²) < 4.78 is 0. The number of hydrogen-bond donors (Lipinski definition) is 0. The predicted molar refractivity (Wildman–Crippen MR) is 92.1 cm³/mol. The van der Waals surface area contributed by atoms with Crippen LogP contribution in [0, 0.1) is 12.8 Å². The molecule has 3 rings (SSSR count). The zero-order valence-corrected chi connectivity index (χ0v) is 13.1. The number of rotatable bonds is 2. The summed E-state index contributed by atoms with van der Waals surface area (Å²) >= 11 is 0. The van der Waals surface area contributed by atoms with Crippen LogP contribution in [0.1, 0.15) is 31.4 Å². The smallest absolute Gasteiger partial charge is 0.00768 e. The molecular weight excluding hydrogens is 252 g/mol. The first-order valence-electron chi connectivity index (χ1n) is 7.70. The Hall–Kier alpha value is -2.08. The van der Waals surface area contributed by atoms with Gasteiger partial charge in [0.2, 0.25) is 0 Å². The van der Waals surface area contributed by atoms with Gasteiger partial charge in [-0.05, 0) is 54.0 Å². The van der Waals surface area contributed by atoms with Crippen LogP contribution in [0.15, 0.2) is 66.3 Å². The maximum Gasteiger partial charge on any atom is -0.00768 e. The standard InChI is InChI=1S/C21H22/c1-15-12-13-19(17(3)14-15)21-16(2)8-7-11-20(21)18-9-5-4-6-10-18/h4-13,15H,14H2,1-3H3. The normalized spacial score (nSPS) is 18.1. The summed E-state index contributed by atoms with van der Waals surface area (Å²) in [6.07, 6.45) is 5.82. The summed E-state index contributed by atoms with van der Waals surface area (Å²) in [6.45, 7) is 6.78. The van der Waals surface area contributed by atoms with E-state index in [-0.39, 0.29) is 0 Å². The van der Waals surface area contributed by atoms with E-state index in [0.717, 1.165) is 6.42 Å².